The molecule has 0 saturated heterocycles. The van der Waals surface area contributed by atoms with Gasteiger partial charge < -0.3 is 10.4 Å². The Labute approximate surface area is 123 Å². The molecule has 0 radical (unpaired) electrons. The van der Waals surface area contributed by atoms with Crippen LogP contribution in [0.5, 0.6) is 0 Å². The van der Waals surface area contributed by atoms with Gasteiger partial charge in [-0.15, -0.1) is 0 Å². The van der Waals surface area contributed by atoms with Crippen molar-refractivity contribution < 1.29 is 9.90 Å². The van der Waals surface area contributed by atoms with Crippen molar-refractivity contribution in [2.24, 2.45) is 0 Å². The molecule has 19 heavy (non-hydrogen) atoms. The van der Waals surface area contributed by atoms with Gasteiger partial charge in [0.15, 0.2) is 0 Å². The first kappa shape index (κ1) is 16.0. The molecule has 0 fully saturated rings. The van der Waals surface area contributed by atoms with E-state index in [1.54, 1.807) is 12.1 Å². The van der Waals surface area contributed by atoms with E-state index in [1.165, 1.54) is 25.7 Å². The number of hydrogen-bond donors (Lipinski definition) is 2. The Morgan fingerprint density at radius 1 is 1.37 bits per heavy atom. The van der Waals surface area contributed by atoms with Gasteiger partial charge in [-0.05, 0) is 31.5 Å². The molecule has 1 aromatic rings. The molecule has 106 valence electrons. The lowest BCUT2D eigenvalue weighted by molar-refractivity contribution is 0.0698. The Hall–Kier alpha value is -1.03. The summed E-state index contributed by atoms with van der Waals surface area (Å²) >= 11 is 3.38. The molecule has 0 aromatic heterocycles. The number of unbranched alkanes of at least 4 members (excludes halogenated alkanes) is 3. The van der Waals surface area contributed by atoms with E-state index in [0.717, 1.165) is 10.9 Å². The lowest BCUT2D eigenvalue weighted by atomic mass is 10.1. The molecule has 0 heterocycles. The van der Waals surface area contributed by atoms with E-state index in [2.05, 4.69) is 35.1 Å². The van der Waals surface area contributed by atoms with Gasteiger partial charge in [-0.2, -0.15) is 0 Å². The Kier molecular flexibility index (Phi) is 6.92. The maximum Gasteiger partial charge on any atom is 0.337 e. The van der Waals surface area contributed by atoms with Gasteiger partial charge >= 0.3 is 5.97 Å². The van der Waals surface area contributed by atoms with Crippen LogP contribution in [0.3, 0.4) is 0 Å². The van der Waals surface area contributed by atoms with Gasteiger partial charge in [0.25, 0.3) is 0 Å². The third-order valence-electron chi connectivity index (χ3n) is 3.10. The van der Waals surface area contributed by atoms with Crippen LogP contribution in [0.15, 0.2) is 22.7 Å². The zero-order chi connectivity index (χ0) is 14.3. The normalized spacial score (nSPS) is 12.2. The van der Waals surface area contributed by atoms with Gasteiger partial charge in [-0.25, -0.2) is 4.79 Å². The van der Waals surface area contributed by atoms with Crippen molar-refractivity contribution in [2.75, 3.05) is 5.32 Å². The Balaban J connectivity index is 2.60. The first-order chi connectivity index (χ1) is 9.04. The number of hydrogen-bond acceptors (Lipinski definition) is 2. The molecule has 0 amide bonds. The predicted molar refractivity (Wildman–Crippen MR) is 82.9 cm³/mol. The van der Waals surface area contributed by atoms with Gasteiger partial charge in [0, 0.05) is 10.5 Å². The lowest BCUT2D eigenvalue weighted by Gasteiger charge is -2.17. The fraction of sp³-hybridized carbons (Fsp3) is 0.533. The second-order valence-corrected chi connectivity index (χ2v) is 5.81. The molecular weight excluding hydrogens is 306 g/mol. The number of carbonyl (C=O) groups is 1. The third-order valence-corrected chi connectivity index (χ3v) is 3.60. The highest BCUT2D eigenvalue weighted by Gasteiger charge is 2.12. The van der Waals surface area contributed by atoms with Crippen LogP contribution in [0.1, 0.15) is 56.3 Å². The Bertz CT molecular complexity index is 421. The van der Waals surface area contributed by atoms with Crippen molar-refractivity contribution in [3.8, 4) is 0 Å². The average Bonchev–Trinajstić information content (AvgIpc) is 2.34. The first-order valence-electron chi connectivity index (χ1n) is 6.84. The highest BCUT2D eigenvalue weighted by Crippen LogP contribution is 2.23. The van der Waals surface area contributed by atoms with Crippen molar-refractivity contribution >= 4 is 27.6 Å². The molecule has 0 saturated carbocycles. The molecule has 0 aliphatic rings. The molecule has 2 N–H and O–H groups in total. The summed E-state index contributed by atoms with van der Waals surface area (Å²) in [6.07, 6.45) is 5.98. The standard InChI is InChI=1S/C15H22BrNO2/c1-3-4-5-6-7-11(2)17-14-10-12(16)8-9-13(14)15(18)19/h8-11,17H,3-7H2,1-2H3,(H,18,19). The first-order valence-corrected chi connectivity index (χ1v) is 7.63. The monoisotopic (exact) mass is 327 g/mol. The van der Waals surface area contributed by atoms with Crippen molar-refractivity contribution in [3.63, 3.8) is 0 Å². The summed E-state index contributed by atoms with van der Waals surface area (Å²) in [6.45, 7) is 4.29. The number of benzene rings is 1. The van der Waals surface area contributed by atoms with E-state index < -0.39 is 5.97 Å². The van der Waals surface area contributed by atoms with Gasteiger partial charge in [0.2, 0.25) is 0 Å². The molecule has 0 aliphatic heterocycles. The fourth-order valence-corrected chi connectivity index (χ4v) is 2.40. The summed E-state index contributed by atoms with van der Waals surface area (Å²) in [5, 5.41) is 12.5. The zero-order valence-electron chi connectivity index (χ0n) is 11.6. The molecule has 1 aromatic carbocycles. The van der Waals surface area contributed by atoms with Gasteiger partial charge in [-0.3, -0.25) is 0 Å². The zero-order valence-corrected chi connectivity index (χ0v) is 13.2. The number of carboxylic acid groups (broad SMARTS) is 1. The van der Waals surface area contributed by atoms with E-state index in [4.69, 9.17) is 5.11 Å². The van der Waals surface area contributed by atoms with Gasteiger partial charge in [-0.1, -0.05) is 48.5 Å². The minimum absolute atomic E-state index is 0.282. The number of anilines is 1. The number of nitrogens with one attached hydrogen (secondary N) is 1. The second kappa shape index (κ2) is 8.20. The highest BCUT2D eigenvalue weighted by molar-refractivity contribution is 9.10. The van der Waals surface area contributed by atoms with Crippen LogP contribution in [0.4, 0.5) is 5.69 Å². The van der Waals surface area contributed by atoms with E-state index >= 15 is 0 Å². The minimum Gasteiger partial charge on any atom is -0.478 e. The van der Waals surface area contributed by atoms with Crippen LogP contribution >= 0.6 is 15.9 Å². The van der Waals surface area contributed by atoms with E-state index in [-0.39, 0.29) is 6.04 Å². The number of halogens is 1. The van der Waals surface area contributed by atoms with Crippen molar-refractivity contribution in [1.29, 1.82) is 0 Å². The summed E-state index contributed by atoms with van der Waals surface area (Å²) < 4.78 is 0.887. The number of rotatable bonds is 8. The van der Waals surface area contributed by atoms with Crippen LogP contribution in [-0.4, -0.2) is 17.1 Å². The summed E-state index contributed by atoms with van der Waals surface area (Å²) in [5.74, 6) is -0.895. The number of carboxylic acids is 1. The summed E-state index contributed by atoms with van der Waals surface area (Å²) in [4.78, 5) is 11.2. The van der Waals surface area contributed by atoms with Crippen molar-refractivity contribution in [2.45, 2.75) is 52.0 Å². The maximum absolute atomic E-state index is 11.2. The molecule has 1 atom stereocenters. The Morgan fingerprint density at radius 3 is 2.74 bits per heavy atom. The quantitative estimate of drug-likeness (QED) is 0.666. The second-order valence-electron chi connectivity index (χ2n) is 4.89. The van der Waals surface area contributed by atoms with Crippen LogP contribution in [0.2, 0.25) is 0 Å². The third kappa shape index (κ3) is 5.64. The smallest absolute Gasteiger partial charge is 0.337 e. The summed E-state index contributed by atoms with van der Waals surface area (Å²) in [6, 6.07) is 5.48. The van der Waals surface area contributed by atoms with Crippen LogP contribution in [0.25, 0.3) is 0 Å². The van der Waals surface area contributed by atoms with Crippen LogP contribution in [0, 0.1) is 0 Å². The molecule has 0 bridgehead atoms. The number of aromatic carboxylic acids is 1. The molecule has 3 nitrogen and oxygen atoms in total. The van der Waals surface area contributed by atoms with E-state index in [1.807, 2.05) is 6.07 Å². The Morgan fingerprint density at radius 2 is 2.11 bits per heavy atom. The van der Waals surface area contributed by atoms with Crippen LogP contribution in [-0.2, 0) is 0 Å². The molecule has 1 unspecified atom stereocenters. The topological polar surface area (TPSA) is 49.3 Å². The molecule has 0 aliphatic carbocycles. The molecule has 4 heteroatoms. The van der Waals surface area contributed by atoms with Crippen molar-refractivity contribution in [1.82, 2.24) is 0 Å². The van der Waals surface area contributed by atoms with E-state index in [9.17, 15) is 4.79 Å². The average molecular weight is 328 g/mol. The van der Waals surface area contributed by atoms with Gasteiger partial charge in [0.05, 0.1) is 11.3 Å². The van der Waals surface area contributed by atoms with Crippen molar-refractivity contribution in [3.05, 3.63) is 28.2 Å². The fourth-order valence-electron chi connectivity index (χ4n) is 2.04. The lowest BCUT2D eigenvalue weighted by Crippen LogP contribution is -2.17. The van der Waals surface area contributed by atoms with E-state index in [0.29, 0.717) is 11.3 Å². The predicted octanol–water partition coefficient (Wildman–Crippen LogP) is 4.92. The van der Waals surface area contributed by atoms with Gasteiger partial charge in [0.1, 0.15) is 0 Å². The summed E-state index contributed by atoms with van der Waals surface area (Å²) in [7, 11) is 0. The SMILES string of the molecule is CCCCCCC(C)Nc1cc(Br)ccc1C(=O)O. The molecular formula is C15H22BrNO2. The minimum atomic E-state index is -0.895. The molecule has 1 rings (SSSR count). The van der Waals surface area contributed by atoms with Crippen LogP contribution < -0.4 is 5.32 Å². The largest absolute Gasteiger partial charge is 0.478 e. The molecule has 0 spiro atoms. The summed E-state index contributed by atoms with van der Waals surface area (Å²) in [5.41, 5.74) is 1.01. The highest BCUT2D eigenvalue weighted by atomic mass is 79.9. The maximum atomic E-state index is 11.2.